The number of hydrogen-bond acceptors (Lipinski definition) is 2. The third kappa shape index (κ3) is 4.56. The Labute approximate surface area is 250 Å². The van der Waals surface area contributed by atoms with E-state index in [1.54, 1.807) is 0 Å². The van der Waals surface area contributed by atoms with E-state index in [1.165, 1.54) is 54.3 Å². The van der Waals surface area contributed by atoms with E-state index >= 15 is 0 Å². The van der Waals surface area contributed by atoms with Gasteiger partial charge in [0.05, 0.1) is 5.56 Å². The van der Waals surface area contributed by atoms with Crippen molar-refractivity contribution >= 4 is 27.8 Å². The van der Waals surface area contributed by atoms with E-state index in [1.807, 2.05) is 18.2 Å². The Morgan fingerprint density at radius 2 is 1.52 bits per heavy atom. The summed E-state index contributed by atoms with van der Waals surface area (Å²) in [4.78, 5) is 17.5. The van der Waals surface area contributed by atoms with Gasteiger partial charge in [0.25, 0.3) is 0 Å². The molecule has 1 N–H and O–H groups in total. The summed E-state index contributed by atoms with van der Waals surface area (Å²) in [6.07, 6.45) is 10.8. The van der Waals surface area contributed by atoms with Crippen molar-refractivity contribution in [2.45, 2.75) is 97.6 Å². The Bertz CT molecular complexity index is 1740. The molecule has 6 rings (SSSR count). The quantitative estimate of drug-likeness (QED) is 0.122. The fourth-order valence-electron chi connectivity index (χ4n) is 7.39. The minimum atomic E-state index is -1.05. The van der Waals surface area contributed by atoms with Crippen LogP contribution in [0, 0.1) is 13.8 Å². The van der Waals surface area contributed by atoms with Crippen LogP contribution in [-0.2, 0) is 23.3 Å². The van der Waals surface area contributed by atoms with Gasteiger partial charge in [-0.2, -0.15) is 0 Å². The van der Waals surface area contributed by atoms with Crippen molar-refractivity contribution in [1.29, 1.82) is 0 Å². The molecule has 1 aliphatic rings. The predicted octanol–water partition coefficient (Wildman–Crippen LogP) is 9.90. The first-order valence-corrected chi connectivity index (χ1v) is 16.0. The van der Waals surface area contributed by atoms with Gasteiger partial charge < -0.3 is 14.3 Å². The van der Waals surface area contributed by atoms with Gasteiger partial charge in [0.1, 0.15) is 0 Å². The highest BCUT2D eigenvalue weighted by Gasteiger charge is 2.53. The van der Waals surface area contributed by atoms with Crippen molar-refractivity contribution in [2.75, 3.05) is 0 Å². The Hall–Kier alpha value is -3.79. The number of carbonyl (C=O) groups excluding carboxylic acids is 1. The first-order valence-electron chi connectivity index (χ1n) is 16.0. The molecule has 0 spiro atoms. The first-order chi connectivity index (χ1) is 20.5. The smallest absolute Gasteiger partial charge is 0.340 e. The van der Waals surface area contributed by atoms with Crippen LogP contribution in [0.15, 0.2) is 66.7 Å². The van der Waals surface area contributed by atoms with E-state index in [-0.39, 0.29) is 5.97 Å². The van der Waals surface area contributed by atoms with E-state index in [9.17, 15) is 4.79 Å². The van der Waals surface area contributed by atoms with Crippen LogP contribution < -0.4 is 0 Å². The molecule has 0 saturated heterocycles. The van der Waals surface area contributed by atoms with Crippen molar-refractivity contribution in [3.63, 3.8) is 0 Å². The third-order valence-corrected chi connectivity index (χ3v) is 9.34. The molecule has 4 nitrogen and oxygen atoms in total. The highest BCUT2D eigenvalue weighted by Crippen LogP contribution is 2.54. The third-order valence-electron chi connectivity index (χ3n) is 9.34. The number of aromatic amines is 1. The molecule has 0 amide bonds. The second-order valence-corrected chi connectivity index (χ2v) is 12.1. The van der Waals surface area contributed by atoms with E-state index in [0.717, 1.165) is 65.5 Å². The number of hydrogen-bond donors (Lipinski definition) is 1. The molecule has 42 heavy (non-hydrogen) atoms. The molecule has 0 saturated carbocycles. The molecule has 1 unspecified atom stereocenters. The Kier molecular flexibility index (Phi) is 7.98. The van der Waals surface area contributed by atoms with Crippen LogP contribution in [-0.4, -0.2) is 15.5 Å². The molecule has 0 bridgehead atoms. The summed E-state index contributed by atoms with van der Waals surface area (Å²) in [5, 5.41) is 2.35. The summed E-state index contributed by atoms with van der Waals surface area (Å²) in [6.45, 7) is 9.83. The maximum absolute atomic E-state index is 13.8. The number of rotatable bonds is 12. The van der Waals surface area contributed by atoms with E-state index in [4.69, 9.17) is 4.74 Å². The van der Waals surface area contributed by atoms with Gasteiger partial charge in [0.15, 0.2) is 5.60 Å². The van der Waals surface area contributed by atoms with Crippen LogP contribution in [0.1, 0.15) is 109 Å². The number of H-pyrrole nitrogens is 1. The molecular formula is C38H44N2O2. The number of esters is 1. The van der Waals surface area contributed by atoms with Gasteiger partial charge in [-0.15, -0.1) is 0 Å². The highest BCUT2D eigenvalue weighted by molar-refractivity contribution is 6.01. The van der Waals surface area contributed by atoms with Gasteiger partial charge in [-0.05, 0) is 56.9 Å². The highest BCUT2D eigenvalue weighted by atomic mass is 16.6. The summed E-state index contributed by atoms with van der Waals surface area (Å²) in [5.74, 6) is -0.252. The molecule has 218 valence electrons. The molecule has 4 heteroatoms. The lowest BCUT2D eigenvalue weighted by atomic mass is 9.76. The Balaban J connectivity index is 1.61. The maximum atomic E-state index is 13.8. The minimum Gasteiger partial charge on any atom is -0.440 e. The average molecular weight is 561 g/mol. The van der Waals surface area contributed by atoms with Crippen molar-refractivity contribution in [1.82, 2.24) is 9.55 Å². The van der Waals surface area contributed by atoms with Gasteiger partial charge in [0.2, 0.25) is 0 Å². The van der Waals surface area contributed by atoms with Crippen molar-refractivity contribution in [3.8, 4) is 0 Å². The number of benzene rings is 3. The number of para-hydroxylation sites is 1. The summed E-state index contributed by atoms with van der Waals surface area (Å²) in [6, 6.07) is 23.3. The van der Waals surface area contributed by atoms with Gasteiger partial charge in [-0.25, -0.2) is 4.79 Å². The van der Waals surface area contributed by atoms with Crippen LogP contribution in [0.5, 0.6) is 0 Å². The molecule has 3 aromatic carbocycles. The van der Waals surface area contributed by atoms with Crippen LogP contribution in [0.3, 0.4) is 0 Å². The van der Waals surface area contributed by atoms with Crippen LogP contribution in [0.2, 0.25) is 0 Å². The van der Waals surface area contributed by atoms with E-state index in [2.05, 4.69) is 85.8 Å². The topological polar surface area (TPSA) is 47.0 Å². The largest absolute Gasteiger partial charge is 0.440 e. The molecule has 2 aromatic heterocycles. The number of fused-ring (bicyclic) bond motifs is 3. The Morgan fingerprint density at radius 1 is 0.786 bits per heavy atom. The fourth-order valence-corrected chi connectivity index (χ4v) is 7.39. The molecule has 5 aromatic rings. The zero-order valence-electron chi connectivity index (χ0n) is 25.7. The van der Waals surface area contributed by atoms with Crippen molar-refractivity contribution in [3.05, 3.63) is 106 Å². The lowest BCUT2D eigenvalue weighted by molar-refractivity contribution is 0.0256. The summed E-state index contributed by atoms with van der Waals surface area (Å²) in [7, 11) is 0. The standard InChI is InChI=1S/C38H44N2O2/c1-5-7-9-10-11-16-25-40-27(4)36(30-21-13-15-24-33(30)40)38(31-22-14-12-20-29(31)37(41)42-38)35-26(3)39-32-23-17-19-28(34(32)35)18-8-6-2/h12-15,17,19-24,39H,5-11,16,18,25H2,1-4H3. The van der Waals surface area contributed by atoms with Gasteiger partial charge in [-0.3, -0.25) is 0 Å². The lowest BCUT2D eigenvalue weighted by Gasteiger charge is -2.31. The molecule has 1 aliphatic heterocycles. The second-order valence-electron chi connectivity index (χ2n) is 12.1. The fraction of sp³-hybridized carbons (Fsp3) is 0.395. The van der Waals surface area contributed by atoms with Gasteiger partial charge >= 0.3 is 5.97 Å². The first kappa shape index (κ1) is 28.3. The maximum Gasteiger partial charge on any atom is 0.340 e. The van der Waals surface area contributed by atoms with E-state index in [0.29, 0.717) is 5.56 Å². The van der Waals surface area contributed by atoms with Crippen LogP contribution in [0.4, 0.5) is 0 Å². The van der Waals surface area contributed by atoms with Crippen molar-refractivity contribution < 1.29 is 9.53 Å². The predicted molar refractivity (Wildman–Crippen MR) is 173 cm³/mol. The number of ether oxygens (including phenoxy) is 1. The molecule has 3 heterocycles. The van der Waals surface area contributed by atoms with Gasteiger partial charge in [0, 0.05) is 56.4 Å². The lowest BCUT2D eigenvalue weighted by Crippen LogP contribution is -2.31. The number of carbonyl (C=O) groups is 1. The molecule has 0 radical (unpaired) electrons. The van der Waals surface area contributed by atoms with E-state index < -0.39 is 5.60 Å². The molecular weight excluding hydrogens is 516 g/mol. The number of cyclic esters (lactones) is 1. The van der Waals surface area contributed by atoms with Gasteiger partial charge in [-0.1, -0.05) is 101 Å². The number of unbranched alkanes of at least 4 members (excludes halogenated alkanes) is 6. The van der Waals surface area contributed by atoms with Crippen LogP contribution >= 0.6 is 0 Å². The monoisotopic (exact) mass is 560 g/mol. The molecule has 0 aliphatic carbocycles. The van der Waals surface area contributed by atoms with Crippen molar-refractivity contribution in [2.24, 2.45) is 0 Å². The zero-order valence-corrected chi connectivity index (χ0v) is 25.7. The SMILES string of the molecule is CCCCCCCCn1c(C)c(C2(c3c(C)[nH]c4cccc(CCCC)c34)OC(=O)c3ccccc32)c2ccccc21. The number of aromatic nitrogens is 2. The van der Waals surface area contributed by atoms with Crippen LogP contribution in [0.25, 0.3) is 21.8 Å². The molecule has 0 fully saturated rings. The summed E-state index contributed by atoms with van der Waals surface area (Å²) >= 11 is 0. The summed E-state index contributed by atoms with van der Waals surface area (Å²) in [5.41, 5.74) is 8.56. The average Bonchev–Trinajstić information content (AvgIpc) is 3.60. The number of nitrogens with zero attached hydrogens (tertiary/aromatic N) is 1. The molecule has 1 atom stereocenters. The summed E-state index contributed by atoms with van der Waals surface area (Å²) < 4.78 is 9.27. The second kappa shape index (κ2) is 11.8. The Morgan fingerprint density at radius 3 is 2.36 bits per heavy atom. The zero-order chi connectivity index (χ0) is 29.3. The number of nitrogens with one attached hydrogen (secondary N) is 1. The number of aryl methyl sites for hydroxylation is 3. The minimum absolute atomic E-state index is 0.252. The normalized spacial score (nSPS) is 16.4.